The van der Waals surface area contributed by atoms with E-state index in [0.717, 1.165) is 28.3 Å². The van der Waals surface area contributed by atoms with E-state index in [4.69, 9.17) is 16.7 Å². The average molecular weight is 380 g/mol. The van der Waals surface area contributed by atoms with Crippen LogP contribution in [-0.4, -0.2) is 29.8 Å². The van der Waals surface area contributed by atoms with E-state index in [1.54, 1.807) is 24.3 Å². The molecule has 0 radical (unpaired) electrons. The van der Waals surface area contributed by atoms with Crippen molar-refractivity contribution in [3.8, 4) is 5.69 Å². The van der Waals surface area contributed by atoms with Crippen molar-refractivity contribution in [2.45, 2.75) is 44.5 Å². The fraction of sp³-hybridized carbons (Fsp3) is 0.471. The molecule has 0 saturated carbocycles. The number of rotatable bonds is 5. The molecular weight excluding hydrogens is 358 g/mol. The molecule has 0 spiro atoms. The number of thioether (sulfide) groups is 1. The van der Waals surface area contributed by atoms with E-state index in [9.17, 15) is 9.59 Å². The van der Waals surface area contributed by atoms with Crippen LogP contribution in [0.5, 0.6) is 0 Å². The Hall–Kier alpha value is -1.80. The van der Waals surface area contributed by atoms with Crippen LogP contribution in [0.2, 0.25) is 0 Å². The number of benzene rings is 1. The van der Waals surface area contributed by atoms with E-state index in [0.29, 0.717) is 5.69 Å². The van der Waals surface area contributed by atoms with E-state index in [1.807, 2.05) is 24.8 Å². The van der Waals surface area contributed by atoms with Crippen LogP contribution in [0, 0.1) is 0 Å². The Morgan fingerprint density at radius 1 is 1.24 bits per heavy atom. The highest BCUT2D eigenvalue weighted by Gasteiger charge is 2.47. The van der Waals surface area contributed by atoms with E-state index in [-0.39, 0.29) is 4.75 Å². The smallest absolute Gasteiger partial charge is 0.333 e. The molecule has 1 aliphatic rings. The van der Waals surface area contributed by atoms with Crippen molar-refractivity contribution < 1.29 is 4.52 Å². The second-order valence-corrected chi connectivity index (χ2v) is 8.82. The number of hydrogen-bond acceptors (Lipinski definition) is 5. The highest BCUT2D eigenvalue weighted by Crippen LogP contribution is 2.46. The minimum atomic E-state index is -0.690. The third kappa shape index (κ3) is 3.20. The molecule has 8 heteroatoms. The highest BCUT2D eigenvalue weighted by atomic mass is 32.2. The number of aromatic nitrogens is 2. The van der Waals surface area contributed by atoms with Crippen LogP contribution >= 0.6 is 24.0 Å². The average Bonchev–Trinajstić information content (AvgIpc) is 2.97. The van der Waals surface area contributed by atoms with Crippen LogP contribution in [0.3, 0.4) is 0 Å². The zero-order valence-corrected chi connectivity index (χ0v) is 16.1. The normalized spacial score (nSPS) is 19.6. The van der Waals surface area contributed by atoms with Gasteiger partial charge in [-0.25, -0.2) is 9.59 Å². The van der Waals surface area contributed by atoms with Gasteiger partial charge in [-0.2, -0.15) is 4.57 Å². The fourth-order valence-electron chi connectivity index (χ4n) is 3.05. The quantitative estimate of drug-likeness (QED) is 0.745. The predicted molar refractivity (Wildman–Crippen MR) is 103 cm³/mol. The van der Waals surface area contributed by atoms with Crippen molar-refractivity contribution in [3.63, 3.8) is 0 Å². The molecule has 3 rings (SSSR count). The van der Waals surface area contributed by atoms with Gasteiger partial charge in [-0.3, -0.25) is 0 Å². The number of unbranched alkanes of at least 4 members (excludes halogenated alkanes) is 1. The lowest BCUT2D eigenvalue weighted by molar-refractivity contribution is 0.0897. The molecule has 0 aliphatic carbocycles. The molecule has 6 nitrogen and oxygen atoms in total. The fourth-order valence-corrected chi connectivity index (χ4v) is 4.97. The Morgan fingerprint density at radius 3 is 2.56 bits per heavy atom. The van der Waals surface area contributed by atoms with Gasteiger partial charge in [-0.05, 0) is 32.4 Å². The molecule has 2 aromatic rings. The standard InChI is InChI=1S/C17H21N3O3S2/c1-4-5-11-18-13(17(2,3)25-16(18)24)20-14(21)19(15(22)23-20)12-9-7-6-8-10-12/h6-10,13H,4-5,11H2,1-3H3/t13-/m1/s1. The first-order valence-electron chi connectivity index (χ1n) is 8.26. The Kier molecular flexibility index (Phi) is 4.92. The topological polar surface area (TPSA) is 60.4 Å². The van der Waals surface area contributed by atoms with Crippen molar-refractivity contribution in [1.82, 2.24) is 14.2 Å². The molecule has 0 bridgehead atoms. The third-order valence-corrected chi connectivity index (χ3v) is 5.86. The second-order valence-electron chi connectivity index (χ2n) is 6.53. The number of thiocarbonyl (C=S) groups is 1. The molecule has 1 aliphatic heterocycles. The Bertz CT molecular complexity index is 883. The zero-order valence-electron chi connectivity index (χ0n) is 14.5. The summed E-state index contributed by atoms with van der Waals surface area (Å²) in [6.07, 6.45) is 1.54. The summed E-state index contributed by atoms with van der Waals surface area (Å²) in [4.78, 5) is 27.3. The van der Waals surface area contributed by atoms with Crippen molar-refractivity contribution in [2.24, 2.45) is 0 Å². The van der Waals surface area contributed by atoms with Crippen LogP contribution in [0.4, 0.5) is 0 Å². The van der Waals surface area contributed by atoms with E-state index >= 15 is 0 Å². The summed E-state index contributed by atoms with van der Waals surface area (Å²) in [7, 11) is 0. The first kappa shape index (κ1) is 18.0. The van der Waals surface area contributed by atoms with E-state index in [1.165, 1.54) is 16.5 Å². The summed E-state index contributed by atoms with van der Waals surface area (Å²) in [5.41, 5.74) is 0.00668. The summed E-state index contributed by atoms with van der Waals surface area (Å²) in [6, 6.07) is 8.79. The summed E-state index contributed by atoms with van der Waals surface area (Å²) >= 11 is 7.03. The molecule has 1 aromatic heterocycles. The summed E-state index contributed by atoms with van der Waals surface area (Å²) in [5.74, 6) is -0.690. The first-order chi connectivity index (χ1) is 11.9. The van der Waals surface area contributed by atoms with E-state index in [2.05, 4.69) is 6.92 Å². The second kappa shape index (κ2) is 6.84. The number of para-hydroxylation sites is 1. The SMILES string of the molecule is CCCCN1C(=S)SC(C)(C)[C@H]1n1oc(=O)n(-c2ccccc2)c1=O. The molecule has 1 saturated heterocycles. The van der Waals surface area contributed by atoms with Crippen LogP contribution in [0.25, 0.3) is 5.69 Å². The zero-order chi connectivity index (χ0) is 18.2. The maximum Gasteiger partial charge on any atom is 0.447 e. The van der Waals surface area contributed by atoms with Gasteiger partial charge in [0.25, 0.3) is 0 Å². The maximum absolute atomic E-state index is 12.9. The van der Waals surface area contributed by atoms with Gasteiger partial charge >= 0.3 is 11.4 Å². The number of nitrogens with zero attached hydrogens (tertiary/aromatic N) is 3. The molecule has 134 valence electrons. The lowest BCUT2D eigenvalue weighted by Crippen LogP contribution is -2.42. The molecular formula is C17H21N3O3S2. The van der Waals surface area contributed by atoms with Crippen LogP contribution in [0.15, 0.2) is 44.4 Å². The monoisotopic (exact) mass is 379 g/mol. The third-order valence-electron chi connectivity index (χ3n) is 4.23. The van der Waals surface area contributed by atoms with Crippen molar-refractivity contribution in [1.29, 1.82) is 0 Å². The van der Waals surface area contributed by atoms with Gasteiger partial charge in [0.1, 0.15) is 4.32 Å². The summed E-state index contributed by atoms with van der Waals surface area (Å²) in [6.45, 7) is 6.84. The minimum Gasteiger partial charge on any atom is -0.333 e. The van der Waals surface area contributed by atoms with Gasteiger partial charge in [0.05, 0.1) is 10.4 Å². The highest BCUT2D eigenvalue weighted by molar-refractivity contribution is 8.24. The Morgan fingerprint density at radius 2 is 1.92 bits per heavy atom. The molecule has 1 atom stereocenters. The largest absolute Gasteiger partial charge is 0.447 e. The lowest BCUT2D eigenvalue weighted by Gasteiger charge is -2.30. The Labute approximate surface area is 155 Å². The minimum absolute atomic E-state index is 0.381. The van der Waals surface area contributed by atoms with Crippen LogP contribution in [-0.2, 0) is 0 Å². The van der Waals surface area contributed by atoms with Crippen LogP contribution < -0.4 is 11.4 Å². The lowest BCUT2D eigenvalue weighted by atomic mass is 10.1. The first-order valence-corrected chi connectivity index (χ1v) is 9.49. The van der Waals surface area contributed by atoms with Crippen molar-refractivity contribution in [2.75, 3.05) is 6.54 Å². The van der Waals surface area contributed by atoms with E-state index < -0.39 is 17.6 Å². The van der Waals surface area contributed by atoms with Gasteiger partial charge in [-0.1, -0.05) is 55.5 Å². The van der Waals surface area contributed by atoms with Gasteiger partial charge in [0.15, 0.2) is 6.17 Å². The number of hydrogen-bond donors (Lipinski definition) is 0. The predicted octanol–water partition coefficient (Wildman–Crippen LogP) is 3.00. The Balaban J connectivity index is 2.10. The van der Waals surface area contributed by atoms with Gasteiger partial charge in [-0.15, -0.1) is 4.74 Å². The molecule has 0 amide bonds. The maximum atomic E-state index is 12.9. The summed E-state index contributed by atoms with van der Waals surface area (Å²) < 4.78 is 7.95. The molecule has 0 N–H and O–H groups in total. The molecule has 25 heavy (non-hydrogen) atoms. The molecule has 2 heterocycles. The molecule has 1 aromatic carbocycles. The summed E-state index contributed by atoms with van der Waals surface area (Å²) in [5, 5.41) is 0. The molecule has 1 fully saturated rings. The van der Waals surface area contributed by atoms with Crippen LogP contribution in [0.1, 0.15) is 39.8 Å². The van der Waals surface area contributed by atoms with Gasteiger partial charge in [0.2, 0.25) is 0 Å². The van der Waals surface area contributed by atoms with Gasteiger partial charge < -0.3 is 9.42 Å². The molecule has 0 unspecified atom stereocenters. The van der Waals surface area contributed by atoms with Crippen molar-refractivity contribution in [3.05, 3.63) is 51.4 Å². The van der Waals surface area contributed by atoms with Gasteiger partial charge in [0, 0.05) is 6.54 Å². The van der Waals surface area contributed by atoms with Crippen molar-refractivity contribution >= 4 is 28.3 Å².